The van der Waals surface area contributed by atoms with Crippen molar-refractivity contribution in [1.29, 1.82) is 0 Å². The maximum absolute atomic E-state index is 11.6. The molecule has 0 bridgehead atoms. The summed E-state index contributed by atoms with van der Waals surface area (Å²) in [7, 11) is 0. The highest BCUT2D eigenvalue weighted by Crippen LogP contribution is 1.99. The molecule has 0 aliphatic rings. The number of amides is 1. The third-order valence-electron chi connectivity index (χ3n) is 2.08. The van der Waals surface area contributed by atoms with Crippen LogP contribution in [0.5, 0.6) is 0 Å². The fourth-order valence-electron chi connectivity index (χ4n) is 1.27. The summed E-state index contributed by atoms with van der Waals surface area (Å²) < 4.78 is 1.64. The first kappa shape index (κ1) is 12.2. The zero-order valence-corrected chi connectivity index (χ0v) is 9.30. The maximum Gasteiger partial charge on any atom is 0.305 e. The average molecular weight is 225 g/mol. The van der Waals surface area contributed by atoms with Crippen LogP contribution in [0.2, 0.25) is 0 Å². The molecular formula is C10H15N3O3. The number of aryl methyl sites for hydroxylation is 1. The van der Waals surface area contributed by atoms with E-state index in [9.17, 15) is 9.59 Å². The number of hydrogen-bond acceptors (Lipinski definition) is 3. The van der Waals surface area contributed by atoms with Crippen LogP contribution in [0.1, 0.15) is 30.6 Å². The maximum atomic E-state index is 11.6. The molecule has 2 N–H and O–H groups in total. The number of carboxylic acid groups (broad SMARTS) is 1. The van der Waals surface area contributed by atoms with Gasteiger partial charge in [-0.05, 0) is 13.8 Å². The molecule has 1 atom stereocenters. The number of aromatic nitrogens is 2. The molecule has 0 aliphatic carbocycles. The van der Waals surface area contributed by atoms with Gasteiger partial charge in [0.25, 0.3) is 5.91 Å². The van der Waals surface area contributed by atoms with Gasteiger partial charge in [-0.3, -0.25) is 14.3 Å². The molecule has 1 aromatic heterocycles. The summed E-state index contributed by atoms with van der Waals surface area (Å²) in [4.78, 5) is 22.0. The molecule has 0 saturated carbocycles. The quantitative estimate of drug-likeness (QED) is 0.764. The minimum Gasteiger partial charge on any atom is -0.481 e. The lowest BCUT2D eigenvalue weighted by molar-refractivity contribution is -0.137. The Hall–Kier alpha value is -1.85. The number of carbonyl (C=O) groups excluding carboxylic acids is 1. The molecule has 1 heterocycles. The Morgan fingerprint density at radius 3 is 2.81 bits per heavy atom. The van der Waals surface area contributed by atoms with E-state index in [4.69, 9.17) is 5.11 Å². The first-order chi connectivity index (χ1) is 7.52. The summed E-state index contributed by atoms with van der Waals surface area (Å²) in [6.45, 7) is 4.26. The predicted molar refractivity (Wildman–Crippen MR) is 57.1 cm³/mol. The summed E-state index contributed by atoms with van der Waals surface area (Å²) in [5.74, 6) is -1.23. The van der Waals surface area contributed by atoms with Gasteiger partial charge in [-0.25, -0.2) is 0 Å². The summed E-state index contributed by atoms with van der Waals surface area (Å²) >= 11 is 0. The molecule has 0 fully saturated rings. The fraction of sp³-hybridized carbons (Fsp3) is 0.500. The van der Waals surface area contributed by atoms with Crippen LogP contribution < -0.4 is 5.32 Å². The second-order valence-electron chi connectivity index (χ2n) is 3.56. The van der Waals surface area contributed by atoms with Crippen molar-refractivity contribution in [1.82, 2.24) is 15.1 Å². The van der Waals surface area contributed by atoms with Crippen LogP contribution in [0.3, 0.4) is 0 Å². The monoisotopic (exact) mass is 225 g/mol. The summed E-state index contributed by atoms with van der Waals surface area (Å²) in [5, 5.41) is 15.1. The van der Waals surface area contributed by atoms with Gasteiger partial charge < -0.3 is 10.4 Å². The summed E-state index contributed by atoms with van der Waals surface area (Å²) in [5.41, 5.74) is 0.444. The predicted octanol–water partition coefficient (Wildman–Crippen LogP) is 0.496. The normalized spacial score (nSPS) is 12.1. The molecule has 6 nitrogen and oxygen atoms in total. The number of carboxylic acids is 1. The number of carbonyl (C=O) groups is 2. The minimum atomic E-state index is -0.933. The summed E-state index contributed by atoms with van der Waals surface area (Å²) in [6.07, 6.45) is 3.00. The van der Waals surface area contributed by atoms with Gasteiger partial charge in [0.2, 0.25) is 0 Å². The molecule has 1 rings (SSSR count). The second-order valence-corrected chi connectivity index (χ2v) is 3.56. The SMILES string of the molecule is CCn1cc(C(=O)NC(C)CC(=O)O)cn1. The molecule has 0 aromatic carbocycles. The largest absolute Gasteiger partial charge is 0.481 e. The molecular weight excluding hydrogens is 210 g/mol. The number of nitrogens with one attached hydrogen (secondary N) is 1. The lowest BCUT2D eigenvalue weighted by Gasteiger charge is -2.09. The second kappa shape index (κ2) is 5.29. The van der Waals surface area contributed by atoms with Gasteiger partial charge >= 0.3 is 5.97 Å². The van der Waals surface area contributed by atoms with Gasteiger partial charge in [0.15, 0.2) is 0 Å². The van der Waals surface area contributed by atoms with E-state index in [2.05, 4.69) is 10.4 Å². The Labute approximate surface area is 93.3 Å². The van der Waals surface area contributed by atoms with Crippen LogP contribution in [0, 0.1) is 0 Å². The van der Waals surface area contributed by atoms with Gasteiger partial charge in [-0.2, -0.15) is 5.10 Å². The van der Waals surface area contributed by atoms with Gasteiger partial charge in [-0.15, -0.1) is 0 Å². The highest BCUT2D eigenvalue weighted by atomic mass is 16.4. The molecule has 6 heteroatoms. The van der Waals surface area contributed by atoms with Crippen molar-refractivity contribution in [3.63, 3.8) is 0 Å². The van der Waals surface area contributed by atoms with Crippen molar-refractivity contribution in [2.75, 3.05) is 0 Å². The van der Waals surface area contributed by atoms with Crippen molar-refractivity contribution in [2.45, 2.75) is 32.9 Å². The zero-order valence-electron chi connectivity index (χ0n) is 9.30. The molecule has 16 heavy (non-hydrogen) atoms. The molecule has 1 aromatic rings. The van der Waals surface area contributed by atoms with E-state index in [1.165, 1.54) is 6.20 Å². The van der Waals surface area contributed by atoms with Gasteiger partial charge in [-0.1, -0.05) is 0 Å². The van der Waals surface area contributed by atoms with Crippen molar-refractivity contribution in [3.8, 4) is 0 Å². The zero-order chi connectivity index (χ0) is 12.1. The number of nitrogens with zero attached hydrogens (tertiary/aromatic N) is 2. The number of rotatable bonds is 5. The molecule has 0 radical (unpaired) electrons. The first-order valence-corrected chi connectivity index (χ1v) is 5.08. The highest BCUT2D eigenvalue weighted by molar-refractivity contribution is 5.94. The van der Waals surface area contributed by atoms with Crippen LogP contribution in [0.15, 0.2) is 12.4 Å². The Balaban J connectivity index is 2.54. The van der Waals surface area contributed by atoms with Crippen molar-refractivity contribution in [3.05, 3.63) is 18.0 Å². The van der Waals surface area contributed by atoms with E-state index >= 15 is 0 Å². The molecule has 0 aliphatic heterocycles. The standard InChI is InChI=1S/C10H15N3O3/c1-3-13-6-8(5-11-13)10(16)12-7(2)4-9(14)15/h5-7H,3-4H2,1-2H3,(H,12,16)(H,14,15). The van der Waals surface area contributed by atoms with Crippen LogP contribution >= 0.6 is 0 Å². The molecule has 0 saturated heterocycles. The van der Waals surface area contributed by atoms with Crippen LogP contribution in [0.25, 0.3) is 0 Å². The topological polar surface area (TPSA) is 84.2 Å². The Morgan fingerprint density at radius 1 is 1.62 bits per heavy atom. The number of aliphatic carboxylic acids is 1. The van der Waals surface area contributed by atoms with Crippen LogP contribution in [-0.4, -0.2) is 32.8 Å². The lowest BCUT2D eigenvalue weighted by atomic mass is 10.2. The van der Waals surface area contributed by atoms with E-state index in [1.54, 1.807) is 17.8 Å². The van der Waals surface area contributed by atoms with Crippen LogP contribution in [0.4, 0.5) is 0 Å². The Bertz CT molecular complexity index is 386. The number of hydrogen-bond donors (Lipinski definition) is 2. The average Bonchev–Trinajstić information content (AvgIpc) is 2.64. The Morgan fingerprint density at radius 2 is 2.31 bits per heavy atom. The summed E-state index contributed by atoms with van der Waals surface area (Å²) in [6, 6.07) is -0.394. The first-order valence-electron chi connectivity index (χ1n) is 5.08. The van der Waals surface area contributed by atoms with E-state index in [0.29, 0.717) is 12.1 Å². The van der Waals surface area contributed by atoms with E-state index in [1.807, 2.05) is 6.92 Å². The van der Waals surface area contributed by atoms with Crippen molar-refractivity contribution < 1.29 is 14.7 Å². The molecule has 0 spiro atoms. The minimum absolute atomic E-state index is 0.0896. The smallest absolute Gasteiger partial charge is 0.305 e. The molecule has 88 valence electrons. The van der Waals surface area contributed by atoms with Gasteiger partial charge in [0, 0.05) is 18.8 Å². The van der Waals surface area contributed by atoms with E-state index < -0.39 is 12.0 Å². The van der Waals surface area contributed by atoms with E-state index in [-0.39, 0.29) is 12.3 Å². The van der Waals surface area contributed by atoms with Crippen molar-refractivity contribution >= 4 is 11.9 Å². The Kier molecular flexibility index (Phi) is 4.04. The third-order valence-corrected chi connectivity index (χ3v) is 2.08. The fourth-order valence-corrected chi connectivity index (χ4v) is 1.27. The van der Waals surface area contributed by atoms with Crippen LogP contribution in [-0.2, 0) is 11.3 Å². The van der Waals surface area contributed by atoms with Crippen molar-refractivity contribution in [2.24, 2.45) is 0 Å². The molecule has 1 amide bonds. The highest BCUT2D eigenvalue weighted by Gasteiger charge is 2.13. The van der Waals surface area contributed by atoms with E-state index in [0.717, 1.165) is 0 Å². The lowest BCUT2D eigenvalue weighted by Crippen LogP contribution is -2.33. The van der Waals surface area contributed by atoms with Gasteiger partial charge in [0.1, 0.15) is 0 Å². The third kappa shape index (κ3) is 3.38. The van der Waals surface area contributed by atoms with Gasteiger partial charge in [0.05, 0.1) is 18.2 Å². The molecule has 1 unspecified atom stereocenters.